The molecular weight excluding hydrogens is 300 g/mol. The first kappa shape index (κ1) is 16.1. The van der Waals surface area contributed by atoms with Crippen molar-refractivity contribution in [1.29, 1.82) is 0 Å². The third-order valence-electron chi connectivity index (χ3n) is 4.20. The van der Waals surface area contributed by atoms with E-state index in [4.69, 9.17) is 5.73 Å². The largest absolute Gasteiger partial charge is 0.399 e. The topological polar surface area (TPSA) is 72.9 Å². The van der Waals surface area contributed by atoms with E-state index in [-0.39, 0.29) is 5.91 Å². The molecule has 3 N–H and O–H groups in total. The maximum Gasteiger partial charge on any atom is 0.251 e. The zero-order valence-electron chi connectivity index (χ0n) is 14.0. The maximum absolute atomic E-state index is 12.3. The molecule has 1 aromatic heterocycles. The molecule has 0 aliphatic rings. The van der Waals surface area contributed by atoms with Gasteiger partial charge in [-0.3, -0.25) is 4.79 Å². The Kier molecular flexibility index (Phi) is 4.51. The lowest BCUT2D eigenvalue weighted by atomic mass is 10.1. The zero-order valence-corrected chi connectivity index (χ0v) is 14.0. The molecule has 5 heteroatoms. The van der Waals surface area contributed by atoms with E-state index >= 15 is 0 Å². The van der Waals surface area contributed by atoms with Gasteiger partial charge in [0.15, 0.2) is 0 Å². The number of nitrogens with zero attached hydrogens (tertiary/aromatic N) is 2. The third-order valence-corrected chi connectivity index (χ3v) is 4.20. The first-order valence-corrected chi connectivity index (χ1v) is 8.12. The molecule has 1 heterocycles. The van der Waals surface area contributed by atoms with Gasteiger partial charge in [0.1, 0.15) is 5.82 Å². The van der Waals surface area contributed by atoms with Gasteiger partial charge in [0.05, 0.1) is 11.0 Å². The molecule has 0 aliphatic carbocycles. The van der Waals surface area contributed by atoms with E-state index in [9.17, 15) is 4.79 Å². The first-order valence-electron chi connectivity index (χ1n) is 8.12. The molecule has 3 rings (SSSR count). The molecule has 0 fully saturated rings. The molecule has 5 nitrogen and oxygen atoms in total. The molecule has 2 aromatic carbocycles. The van der Waals surface area contributed by atoms with Crippen LogP contribution in [0.4, 0.5) is 5.69 Å². The highest BCUT2D eigenvalue weighted by Gasteiger charge is 2.09. The fraction of sp³-hybridized carbons (Fsp3) is 0.263. The molecule has 0 bridgehead atoms. The Balaban J connectivity index is 1.60. The second-order valence-electron chi connectivity index (χ2n) is 5.98. The number of aromatic nitrogens is 2. The van der Waals surface area contributed by atoms with Crippen molar-refractivity contribution in [3.8, 4) is 0 Å². The average molecular weight is 322 g/mol. The molecule has 1 amide bonds. The first-order chi connectivity index (χ1) is 11.6. The molecule has 0 saturated heterocycles. The Hall–Kier alpha value is -2.82. The van der Waals surface area contributed by atoms with Crippen LogP contribution in [-0.4, -0.2) is 22.0 Å². The SMILES string of the molecule is Cc1ccc(N)cc1C(=O)NCCCn1c(C)nc2ccccc21. The molecule has 0 saturated carbocycles. The fourth-order valence-electron chi connectivity index (χ4n) is 2.90. The van der Waals surface area contributed by atoms with Crippen molar-refractivity contribution in [2.45, 2.75) is 26.8 Å². The highest BCUT2D eigenvalue weighted by molar-refractivity contribution is 5.96. The number of hydrogen-bond donors (Lipinski definition) is 2. The number of carbonyl (C=O) groups excluding carboxylic acids is 1. The number of imidazole rings is 1. The summed E-state index contributed by atoms with van der Waals surface area (Å²) in [4.78, 5) is 16.8. The summed E-state index contributed by atoms with van der Waals surface area (Å²) in [6, 6.07) is 13.5. The molecule has 0 radical (unpaired) electrons. The second-order valence-corrected chi connectivity index (χ2v) is 5.98. The highest BCUT2D eigenvalue weighted by Crippen LogP contribution is 2.16. The maximum atomic E-state index is 12.3. The van der Waals surface area contributed by atoms with Crippen molar-refractivity contribution in [2.75, 3.05) is 12.3 Å². The van der Waals surface area contributed by atoms with Crippen LogP contribution in [0.15, 0.2) is 42.5 Å². The van der Waals surface area contributed by atoms with E-state index in [0.717, 1.165) is 35.4 Å². The Morgan fingerprint density at radius 3 is 2.83 bits per heavy atom. The quantitative estimate of drug-likeness (QED) is 0.560. The van der Waals surface area contributed by atoms with Crippen LogP contribution in [0.5, 0.6) is 0 Å². The van der Waals surface area contributed by atoms with Crippen LogP contribution in [0, 0.1) is 13.8 Å². The van der Waals surface area contributed by atoms with Crippen LogP contribution in [-0.2, 0) is 6.54 Å². The number of para-hydroxylation sites is 2. The molecule has 0 spiro atoms. The van der Waals surface area contributed by atoms with Crippen LogP contribution >= 0.6 is 0 Å². The predicted octanol–water partition coefficient (Wildman–Crippen LogP) is 3.06. The van der Waals surface area contributed by atoms with E-state index in [1.165, 1.54) is 0 Å². The normalized spacial score (nSPS) is 10.9. The minimum atomic E-state index is -0.0768. The summed E-state index contributed by atoms with van der Waals surface area (Å²) in [6.07, 6.45) is 0.842. The summed E-state index contributed by atoms with van der Waals surface area (Å²) in [6.45, 7) is 5.35. The number of anilines is 1. The molecule has 0 unspecified atom stereocenters. The number of fused-ring (bicyclic) bond motifs is 1. The van der Waals surface area contributed by atoms with Gasteiger partial charge >= 0.3 is 0 Å². The summed E-state index contributed by atoms with van der Waals surface area (Å²) >= 11 is 0. The Bertz CT molecular complexity index is 882. The van der Waals surface area contributed by atoms with E-state index in [2.05, 4.69) is 20.9 Å². The van der Waals surface area contributed by atoms with Crippen LogP contribution < -0.4 is 11.1 Å². The Morgan fingerprint density at radius 2 is 2.00 bits per heavy atom. The number of amides is 1. The number of nitrogens with two attached hydrogens (primary N) is 1. The number of rotatable bonds is 5. The minimum Gasteiger partial charge on any atom is -0.399 e. The summed E-state index contributed by atoms with van der Waals surface area (Å²) in [5.74, 6) is 0.918. The zero-order chi connectivity index (χ0) is 17.1. The van der Waals surface area contributed by atoms with Crippen LogP contribution in [0.25, 0.3) is 11.0 Å². The average Bonchev–Trinajstić information content (AvgIpc) is 2.89. The number of benzene rings is 2. The van der Waals surface area contributed by atoms with Gasteiger partial charge in [-0.15, -0.1) is 0 Å². The fourth-order valence-corrected chi connectivity index (χ4v) is 2.90. The highest BCUT2D eigenvalue weighted by atomic mass is 16.1. The van der Waals surface area contributed by atoms with Gasteiger partial charge in [-0.05, 0) is 50.1 Å². The summed E-state index contributed by atoms with van der Waals surface area (Å²) in [5, 5.41) is 2.97. The lowest BCUT2D eigenvalue weighted by Gasteiger charge is -2.10. The second kappa shape index (κ2) is 6.74. The van der Waals surface area contributed by atoms with Gasteiger partial charge in [-0.1, -0.05) is 18.2 Å². The number of carbonyl (C=O) groups is 1. The molecular formula is C19H22N4O. The van der Waals surface area contributed by atoms with Crippen molar-refractivity contribution in [1.82, 2.24) is 14.9 Å². The molecule has 0 atom stereocenters. The van der Waals surface area contributed by atoms with Crippen molar-refractivity contribution >= 4 is 22.6 Å². The molecule has 0 aliphatic heterocycles. The Labute approximate surface area is 141 Å². The van der Waals surface area contributed by atoms with Crippen LogP contribution in [0.2, 0.25) is 0 Å². The van der Waals surface area contributed by atoms with Gasteiger partial charge < -0.3 is 15.6 Å². The lowest BCUT2D eigenvalue weighted by molar-refractivity contribution is 0.0952. The lowest BCUT2D eigenvalue weighted by Crippen LogP contribution is -2.26. The molecule has 24 heavy (non-hydrogen) atoms. The predicted molar refractivity (Wildman–Crippen MR) is 97.0 cm³/mol. The van der Waals surface area contributed by atoms with Gasteiger partial charge in [-0.25, -0.2) is 4.98 Å². The van der Waals surface area contributed by atoms with E-state index < -0.39 is 0 Å². The molecule has 124 valence electrons. The minimum absolute atomic E-state index is 0.0768. The van der Waals surface area contributed by atoms with E-state index in [1.807, 2.05) is 38.1 Å². The smallest absolute Gasteiger partial charge is 0.251 e. The van der Waals surface area contributed by atoms with Crippen molar-refractivity contribution < 1.29 is 4.79 Å². The number of nitrogens with one attached hydrogen (secondary N) is 1. The summed E-state index contributed by atoms with van der Waals surface area (Å²) in [5.41, 5.74) is 10.1. The standard InChI is InChI=1S/C19H22N4O/c1-13-8-9-15(20)12-16(13)19(24)21-10-5-11-23-14(2)22-17-6-3-4-7-18(17)23/h3-4,6-9,12H,5,10-11,20H2,1-2H3,(H,21,24). The summed E-state index contributed by atoms with van der Waals surface area (Å²) < 4.78 is 2.19. The number of nitrogen functional groups attached to an aromatic ring is 1. The van der Waals surface area contributed by atoms with Crippen LogP contribution in [0.3, 0.4) is 0 Å². The van der Waals surface area contributed by atoms with E-state index in [0.29, 0.717) is 17.8 Å². The third kappa shape index (κ3) is 3.25. The Morgan fingerprint density at radius 1 is 1.21 bits per heavy atom. The van der Waals surface area contributed by atoms with Crippen molar-refractivity contribution in [3.05, 3.63) is 59.4 Å². The monoisotopic (exact) mass is 322 g/mol. The number of aryl methyl sites for hydroxylation is 3. The van der Waals surface area contributed by atoms with Gasteiger partial charge in [0, 0.05) is 24.3 Å². The summed E-state index contributed by atoms with van der Waals surface area (Å²) in [7, 11) is 0. The van der Waals surface area contributed by atoms with Crippen molar-refractivity contribution in [2.24, 2.45) is 0 Å². The van der Waals surface area contributed by atoms with Crippen molar-refractivity contribution in [3.63, 3.8) is 0 Å². The van der Waals surface area contributed by atoms with Gasteiger partial charge in [0.2, 0.25) is 0 Å². The van der Waals surface area contributed by atoms with Gasteiger partial charge in [-0.2, -0.15) is 0 Å². The number of hydrogen-bond acceptors (Lipinski definition) is 3. The van der Waals surface area contributed by atoms with E-state index in [1.54, 1.807) is 12.1 Å². The van der Waals surface area contributed by atoms with Crippen LogP contribution in [0.1, 0.15) is 28.2 Å². The van der Waals surface area contributed by atoms with Gasteiger partial charge in [0.25, 0.3) is 5.91 Å². The molecule has 3 aromatic rings.